The number of imidazole rings is 1. The van der Waals surface area contributed by atoms with Crippen LogP contribution in [0.5, 0.6) is 0 Å². The second-order valence-corrected chi connectivity index (χ2v) is 5.15. The summed E-state index contributed by atoms with van der Waals surface area (Å²) in [6.45, 7) is 5.76. The molecule has 1 atom stereocenters. The van der Waals surface area contributed by atoms with Crippen LogP contribution in [0, 0.1) is 0 Å². The summed E-state index contributed by atoms with van der Waals surface area (Å²) in [5.74, 6) is 1.97. The van der Waals surface area contributed by atoms with Gasteiger partial charge in [-0.2, -0.15) is 0 Å². The zero-order valence-corrected chi connectivity index (χ0v) is 12.6. The summed E-state index contributed by atoms with van der Waals surface area (Å²) in [4.78, 5) is 4.71. The Bertz CT molecular complexity index is 742. The first-order chi connectivity index (χ1) is 10.2. The molecule has 0 aliphatic carbocycles. The van der Waals surface area contributed by atoms with Crippen molar-refractivity contribution >= 4 is 11.0 Å². The molecule has 2 aromatic heterocycles. The van der Waals surface area contributed by atoms with E-state index in [1.54, 1.807) is 6.33 Å². The fourth-order valence-electron chi connectivity index (χ4n) is 2.57. The largest absolute Gasteiger partial charge is 0.330 e. The molecule has 21 heavy (non-hydrogen) atoms. The molecule has 1 aromatic carbocycles. The molecule has 0 spiro atoms. The van der Waals surface area contributed by atoms with E-state index in [-0.39, 0.29) is 6.04 Å². The molecule has 0 saturated carbocycles. The number of aromatic nitrogens is 5. The summed E-state index contributed by atoms with van der Waals surface area (Å²) in [6, 6.07) is 8.33. The van der Waals surface area contributed by atoms with Crippen LogP contribution in [0.1, 0.15) is 31.5 Å². The van der Waals surface area contributed by atoms with Crippen LogP contribution in [-0.4, -0.2) is 24.3 Å². The molecule has 0 aliphatic heterocycles. The van der Waals surface area contributed by atoms with Gasteiger partial charge >= 0.3 is 0 Å². The Morgan fingerprint density at radius 2 is 2.10 bits per heavy atom. The normalized spacial score (nSPS) is 12.9. The smallest absolute Gasteiger partial charge is 0.146 e. The Morgan fingerprint density at radius 3 is 2.86 bits per heavy atom. The summed E-state index contributed by atoms with van der Waals surface area (Å²) in [5, 5.41) is 11.6. The minimum Gasteiger partial charge on any atom is -0.330 e. The van der Waals surface area contributed by atoms with Crippen LogP contribution in [-0.2, 0) is 20.1 Å². The van der Waals surface area contributed by atoms with Crippen molar-refractivity contribution < 1.29 is 0 Å². The molecule has 3 rings (SSSR count). The van der Waals surface area contributed by atoms with Crippen molar-refractivity contribution in [3.8, 4) is 0 Å². The molecule has 0 radical (unpaired) electrons. The van der Waals surface area contributed by atoms with Crippen molar-refractivity contribution in [3.05, 3.63) is 42.2 Å². The van der Waals surface area contributed by atoms with Crippen molar-refractivity contribution in [2.75, 3.05) is 0 Å². The van der Waals surface area contributed by atoms with Gasteiger partial charge in [0.25, 0.3) is 0 Å². The molecule has 6 nitrogen and oxygen atoms in total. The number of hydrogen-bond acceptors (Lipinski definition) is 4. The third kappa shape index (κ3) is 2.54. The predicted molar refractivity (Wildman–Crippen MR) is 81.7 cm³/mol. The van der Waals surface area contributed by atoms with E-state index >= 15 is 0 Å². The minimum absolute atomic E-state index is 0.143. The van der Waals surface area contributed by atoms with Crippen LogP contribution in [0.3, 0.4) is 0 Å². The highest BCUT2D eigenvalue weighted by Crippen LogP contribution is 2.19. The van der Waals surface area contributed by atoms with Crippen LogP contribution in [0.25, 0.3) is 11.0 Å². The Balaban J connectivity index is 1.78. The predicted octanol–water partition coefficient (Wildman–Crippen LogP) is 2.04. The number of fused-ring (bicyclic) bond motifs is 1. The van der Waals surface area contributed by atoms with Crippen LogP contribution < -0.4 is 5.32 Å². The lowest BCUT2D eigenvalue weighted by Gasteiger charge is -2.13. The Labute approximate surface area is 123 Å². The average Bonchev–Trinajstić information content (AvgIpc) is 3.09. The number of para-hydroxylation sites is 2. The maximum Gasteiger partial charge on any atom is 0.146 e. The van der Waals surface area contributed by atoms with E-state index in [0.717, 1.165) is 29.2 Å². The highest BCUT2D eigenvalue weighted by atomic mass is 15.3. The first kappa shape index (κ1) is 13.8. The SMILES string of the molecule is CCn1cnnc1CNC(C)c1nc2ccccc2n1C. The first-order valence-electron chi connectivity index (χ1n) is 7.22. The van der Waals surface area contributed by atoms with Gasteiger partial charge in [-0.3, -0.25) is 0 Å². The second kappa shape index (κ2) is 5.65. The molecule has 0 amide bonds. The monoisotopic (exact) mass is 284 g/mol. The molecule has 1 N–H and O–H groups in total. The number of rotatable bonds is 5. The van der Waals surface area contributed by atoms with Gasteiger partial charge in [-0.25, -0.2) is 4.98 Å². The van der Waals surface area contributed by atoms with Gasteiger partial charge in [0.2, 0.25) is 0 Å². The molecule has 0 bridgehead atoms. The maximum absolute atomic E-state index is 4.71. The molecule has 6 heteroatoms. The van der Waals surface area contributed by atoms with E-state index in [0.29, 0.717) is 6.54 Å². The van der Waals surface area contributed by atoms with Crippen LogP contribution in [0.2, 0.25) is 0 Å². The van der Waals surface area contributed by atoms with Gasteiger partial charge in [-0.15, -0.1) is 10.2 Å². The van der Waals surface area contributed by atoms with Gasteiger partial charge in [-0.05, 0) is 26.0 Å². The van der Waals surface area contributed by atoms with Gasteiger partial charge in [0.1, 0.15) is 18.0 Å². The van der Waals surface area contributed by atoms with Gasteiger partial charge in [0.15, 0.2) is 0 Å². The number of benzene rings is 1. The number of nitrogens with zero attached hydrogens (tertiary/aromatic N) is 5. The van der Waals surface area contributed by atoms with Gasteiger partial charge in [-0.1, -0.05) is 12.1 Å². The highest BCUT2D eigenvalue weighted by Gasteiger charge is 2.14. The topological polar surface area (TPSA) is 60.6 Å². The lowest BCUT2D eigenvalue weighted by molar-refractivity contribution is 0.509. The summed E-state index contributed by atoms with van der Waals surface area (Å²) < 4.78 is 4.17. The first-order valence-corrected chi connectivity index (χ1v) is 7.22. The fourth-order valence-corrected chi connectivity index (χ4v) is 2.57. The van der Waals surface area contributed by atoms with E-state index in [1.165, 1.54) is 0 Å². The van der Waals surface area contributed by atoms with E-state index in [4.69, 9.17) is 4.98 Å². The average molecular weight is 284 g/mol. The van der Waals surface area contributed by atoms with Crippen LogP contribution in [0.15, 0.2) is 30.6 Å². The standard InChI is InChI=1S/C15H20N6/c1-4-21-10-17-19-14(21)9-16-11(2)15-18-12-7-5-6-8-13(12)20(15)3/h5-8,10-11,16H,4,9H2,1-3H3. The lowest BCUT2D eigenvalue weighted by atomic mass is 10.3. The molecule has 0 saturated heterocycles. The van der Waals surface area contributed by atoms with E-state index in [9.17, 15) is 0 Å². The van der Waals surface area contributed by atoms with E-state index in [1.807, 2.05) is 22.8 Å². The zero-order chi connectivity index (χ0) is 14.8. The van der Waals surface area contributed by atoms with E-state index < -0.39 is 0 Å². The summed E-state index contributed by atoms with van der Waals surface area (Å²) >= 11 is 0. The highest BCUT2D eigenvalue weighted by molar-refractivity contribution is 5.75. The molecule has 1 unspecified atom stereocenters. The van der Waals surface area contributed by atoms with Gasteiger partial charge in [0.05, 0.1) is 23.6 Å². The van der Waals surface area contributed by atoms with Crippen molar-refractivity contribution in [2.45, 2.75) is 33.0 Å². The third-order valence-corrected chi connectivity index (χ3v) is 3.81. The Kier molecular flexibility index (Phi) is 3.70. The van der Waals surface area contributed by atoms with Crippen molar-refractivity contribution in [2.24, 2.45) is 7.05 Å². The molecule has 0 fully saturated rings. The number of aryl methyl sites for hydroxylation is 2. The molecular formula is C15H20N6. The van der Waals surface area contributed by atoms with Gasteiger partial charge in [0, 0.05) is 13.6 Å². The minimum atomic E-state index is 0.143. The van der Waals surface area contributed by atoms with Crippen molar-refractivity contribution in [3.63, 3.8) is 0 Å². The molecule has 3 aromatic rings. The lowest BCUT2D eigenvalue weighted by Crippen LogP contribution is -2.23. The summed E-state index contributed by atoms with van der Waals surface area (Å²) in [7, 11) is 2.05. The Hall–Kier alpha value is -2.21. The quantitative estimate of drug-likeness (QED) is 0.779. The molecule has 0 aliphatic rings. The third-order valence-electron chi connectivity index (χ3n) is 3.81. The maximum atomic E-state index is 4.71. The van der Waals surface area contributed by atoms with Crippen LogP contribution >= 0.6 is 0 Å². The number of hydrogen-bond donors (Lipinski definition) is 1. The molecule has 110 valence electrons. The molecular weight excluding hydrogens is 264 g/mol. The van der Waals surface area contributed by atoms with E-state index in [2.05, 4.69) is 47.0 Å². The summed E-state index contributed by atoms with van der Waals surface area (Å²) in [6.07, 6.45) is 1.76. The van der Waals surface area contributed by atoms with Crippen LogP contribution in [0.4, 0.5) is 0 Å². The summed E-state index contributed by atoms with van der Waals surface area (Å²) in [5.41, 5.74) is 2.18. The number of nitrogens with one attached hydrogen (secondary N) is 1. The zero-order valence-electron chi connectivity index (χ0n) is 12.6. The van der Waals surface area contributed by atoms with Crippen molar-refractivity contribution in [1.29, 1.82) is 0 Å². The fraction of sp³-hybridized carbons (Fsp3) is 0.400. The van der Waals surface area contributed by atoms with Crippen molar-refractivity contribution in [1.82, 2.24) is 29.6 Å². The Morgan fingerprint density at radius 1 is 1.29 bits per heavy atom. The van der Waals surface area contributed by atoms with Gasteiger partial charge < -0.3 is 14.5 Å². The molecule has 2 heterocycles. The second-order valence-electron chi connectivity index (χ2n) is 5.15.